The Hall–Kier alpha value is -3.09. The highest BCUT2D eigenvalue weighted by atomic mass is 16.5. The molecule has 2 aromatic carbocycles. The molecule has 0 bridgehead atoms. The standard InChI is InChI=1S/C17H18N4O3/c1-23-13-6-8-14(9-7-13)24-11-10-18-17(22)12-21-16-5-3-2-4-15(16)19-20-21/h2-9H,10-12H2,1H3,(H,18,22). The van der Waals surface area contributed by atoms with Crippen molar-refractivity contribution >= 4 is 16.9 Å². The van der Waals surface area contributed by atoms with Gasteiger partial charge in [-0.1, -0.05) is 17.3 Å². The molecule has 0 aliphatic heterocycles. The molecule has 7 nitrogen and oxygen atoms in total. The summed E-state index contributed by atoms with van der Waals surface area (Å²) in [4.78, 5) is 12.0. The summed E-state index contributed by atoms with van der Waals surface area (Å²) in [5.41, 5.74) is 1.61. The molecule has 0 saturated carbocycles. The largest absolute Gasteiger partial charge is 0.497 e. The van der Waals surface area contributed by atoms with Gasteiger partial charge in [0.15, 0.2) is 0 Å². The number of carbonyl (C=O) groups is 1. The van der Waals surface area contributed by atoms with Crippen molar-refractivity contribution in [2.45, 2.75) is 6.54 Å². The van der Waals surface area contributed by atoms with Crippen LogP contribution < -0.4 is 14.8 Å². The van der Waals surface area contributed by atoms with Gasteiger partial charge in [0.2, 0.25) is 5.91 Å². The maximum atomic E-state index is 12.0. The Balaban J connectivity index is 1.44. The van der Waals surface area contributed by atoms with Gasteiger partial charge in [-0.25, -0.2) is 4.68 Å². The summed E-state index contributed by atoms with van der Waals surface area (Å²) in [6, 6.07) is 14.8. The number of nitrogens with one attached hydrogen (secondary N) is 1. The van der Waals surface area contributed by atoms with Crippen molar-refractivity contribution in [1.82, 2.24) is 20.3 Å². The van der Waals surface area contributed by atoms with Crippen LogP contribution in [0.4, 0.5) is 0 Å². The highest BCUT2D eigenvalue weighted by molar-refractivity contribution is 5.79. The van der Waals surface area contributed by atoms with Crippen molar-refractivity contribution in [3.63, 3.8) is 0 Å². The maximum Gasteiger partial charge on any atom is 0.241 e. The van der Waals surface area contributed by atoms with Gasteiger partial charge in [0.1, 0.15) is 30.2 Å². The predicted molar refractivity (Wildman–Crippen MR) is 89.0 cm³/mol. The molecule has 0 spiro atoms. The molecule has 3 aromatic rings. The van der Waals surface area contributed by atoms with Crippen LogP contribution in [-0.4, -0.2) is 41.2 Å². The first-order valence-corrected chi connectivity index (χ1v) is 7.58. The van der Waals surface area contributed by atoms with E-state index in [0.29, 0.717) is 13.2 Å². The molecule has 0 aliphatic rings. The molecule has 0 aliphatic carbocycles. The second-order valence-corrected chi connectivity index (χ2v) is 5.11. The number of nitrogens with zero attached hydrogens (tertiary/aromatic N) is 3. The second kappa shape index (κ2) is 7.45. The third-order valence-corrected chi connectivity index (χ3v) is 3.47. The minimum absolute atomic E-state index is 0.128. The van der Waals surface area contributed by atoms with E-state index < -0.39 is 0 Å². The molecule has 1 heterocycles. The van der Waals surface area contributed by atoms with E-state index in [2.05, 4.69) is 15.6 Å². The van der Waals surface area contributed by atoms with Gasteiger partial charge < -0.3 is 14.8 Å². The van der Waals surface area contributed by atoms with Gasteiger partial charge in [0, 0.05) is 0 Å². The Kier molecular flexibility index (Phi) is 4.90. The molecule has 124 valence electrons. The quantitative estimate of drug-likeness (QED) is 0.668. The number of methoxy groups -OCH3 is 1. The van der Waals surface area contributed by atoms with Crippen LogP contribution in [0.5, 0.6) is 11.5 Å². The molecule has 0 atom stereocenters. The molecule has 0 saturated heterocycles. The number of amides is 1. The van der Waals surface area contributed by atoms with Crippen molar-refractivity contribution < 1.29 is 14.3 Å². The monoisotopic (exact) mass is 326 g/mol. The zero-order chi connectivity index (χ0) is 16.8. The summed E-state index contributed by atoms with van der Waals surface area (Å²) in [7, 11) is 1.61. The van der Waals surface area contributed by atoms with E-state index in [0.717, 1.165) is 22.5 Å². The first-order valence-electron chi connectivity index (χ1n) is 7.58. The summed E-state index contributed by atoms with van der Waals surface area (Å²) in [6.07, 6.45) is 0. The van der Waals surface area contributed by atoms with Crippen molar-refractivity contribution in [2.24, 2.45) is 0 Å². The van der Waals surface area contributed by atoms with Crippen LogP contribution in [-0.2, 0) is 11.3 Å². The number of benzene rings is 2. The van der Waals surface area contributed by atoms with Crippen LogP contribution >= 0.6 is 0 Å². The van der Waals surface area contributed by atoms with Gasteiger partial charge in [0.05, 0.1) is 19.2 Å². The summed E-state index contributed by atoms with van der Waals surface area (Å²) in [5, 5.41) is 10.8. The molecule has 0 unspecified atom stereocenters. The summed E-state index contributed by atoms with van der Waals surface area (Å²) in [5.74, 6) is 1.37. The molecule has 1 amide bonds. The zero-order valence-corrected chi connectivity index (χ0v) is 13.3. The van der Waals surface area contributed by atoms with Gasteiger partial charge in [-0.2, -0.15) is 0 Å². The summed E-state index contributed by atoms with van der Waals surface area (Å²) >= 11 is 0. The Morgan fingerprint density at radius 1 is 1.12 bits per heavy atom. The van der Waals surface area contributed by atoms with E-state index in [1.165, 1.54) is 0 Å². The normalized spacial score (nSPS) is 10.5. The number of carbonyl (C=O) groups excluding carboxylic acids is 1. The fraction of sp³-hybridized carbons (Fsp3) is 0.235. The maximum absolute atomic E-state index is 12.0. The molecule has 0 fully saturated rings. The lowest BCUT2D eigenvalue weighted by molar-refractivity contribution is -0.121. The smallest absolute Gasteiger partial charge is 0.241 e. The van der Waals surface area contributed by atoms with E-state index in [9.17, 15) is 4.79 Å². The minimum Gasteiger partial charge on any atom is -0.497 e. The highest BCUT2D eigenvalue weighted by Crippen LogP contribution is 2.16. The van der Waals surface area contributed by atoms with Crippen molar-refractivity contribution in [3.8, 4) is 11.5 Å². The summed E-state index contributed by atoms with van der Waals surface area (Å²) < 4.78 is 12.2. The minimum atomic E-state index is -0.135. The van der Waals surface area contributed by atoms with Gasteiger partial charge in [-0.3, -0.25) is 4.79 Å². The lowest BCUT2D eigenvalue weighted by Crippen LogP contribution is -2.31. The number of ether oxygens (including phenoxy) is 2. The fourth-order valence-electron chi connectivity index (χ4n) is 2.26. The summed E-state index contributed by atoms with van der Waals surface area (Å²) in [6.45, 7) is 0.927. The zero-order valence-electron chi connectivity index (χ0n) is 13.3. The van der Waals surface area contributed by atoms with Crippen LogP contribution in [0, 0.1) is 0 Å². The van der Waals surface area contributed by atoms with E-state index in [1.807, 2.05) is 48.5 Å². The van der Waals surface area contributed by atoms with Crippen LogP contribution in [0.25, 0.3) is 11.0 Å². The number of aromatic nitrogens is 3. The van der Waals surface area contributed by atoms with Crippen LogP contribution in [0.1, 0.15) is 0 Å². The Morgan fingerprint density at radius 2 is 1.88 bits per heavy atom. The molecular formula is C17H18N4O3. The Labute approximate surface area is 139 Å². The number of fused-ring (bicyclic) bond motifs is 1. The second-order valence-electron chi connectivity index (χ2n) is 5.11. The number of hydrogen-bond acceptors (Lipinski definition) is 5. The SMILES string of the molecule is COc1ccc(OCCNC(=O)Cn2nnc3ccccc32)cc1. The average molecular weight is 326 g/mol. The molecule has 7 heteroatoms. The van der Waals surface area contributed by atoms with Gasteiger partial charge >= 0.3 is 0 Å². The van der Waals surface area contributed by atoms with Crippen molar-refractivity contribution in [1.29, 1.82) is 0 Å². The number of hydrogen-bond donors (Lipinski definition) is 1. The Bertz CT molecular complexity index is 814. The predicted octanol–water partition coefficient (Wildman–Crippen LogP) is 1.64. The van der Waals surface area contributed by atoms with Crippen molar-refractivity contribution in [2.75, 3.05) is 20.3 Å². The average Bonchev–Trinajstić information content (AvgIpc) is 3.02. The molecule has 0 radical (unpaired) electrons. The third-order valence-electron chi connectivity index (χ3n) is 3.47. The lowest BCUT2D eigenvalue weighted by Gasteiger charge is -2.08. The molecular weight excluding hydrogens is 308 g/mol. The van der Waals surface area contributed by atoms with Crippen LogP contribution in [0.15, 0.2) is 48.5 Å². The third kappa shape index (κ3) is 3.81. The molecule has 3 rings (SSSR count). The lowest BCUT2D eigenvalue weighted by atomic mass is 10.3. The van der Waals surface area contributed by atoms with E-state index >= 15 is 0 Å². The molecule has 24 heavy (non-hydrogen) atoms. The van der Waals surface area contributed by atoms with Crippen molar-refractivity contribution in [3.05, 3.63) is 48.5 Å². The van der Waals surface area contributed by atoms with Gasteiger partial charge in [-0.05, 0) is 36.4 Å². The van der Waals surface area contributed by atoms with E-state index in [4.69, 9.17) is 9.47 Å². The number of rotatable bonds is 7. The van der Waals surface area contributed by atoms with Crippen LogP contribution in [0.2, 0.25) is 0 Å². The first kappa shape index (κ1) is 15.8. The molecule has 1 N–H and O–H groups in total. The first-order chi connectivity index (χ1) is 11.8. The van der Waals surface area contributed by atoms with E-state index in [-0.39, 0.29) is 12.5 Å². The number of para-hydroxylation sites is 1. The topological polar surface area (TPSA) is 78.3 Å². The van der Waals surface area contributed by atoms with Gasteiger partial charge in [0.25, 0.3) is 0 Å². The Morgan fingerprint density at radius 3 is 2.67 bits per heavy atom. The van der Waals surface area contributed by atoms with Crippen LogP contribution in [0.3, 0.4) is 0 Å². The molecule has 1 aromatic heterocycles. The van der Waals surface area contributed by atoms with Gasteiger partial charge in [-0.15, -0.1) is 5.10 Å². The highest BCUT2D eigenvalue weighted by Gasteiger charge is 2.07. The van der Waals surface area contributed by atoms with E-state index in [1.54, 1.807) is 11.8 Å². The fourth-order valence-corrected chi connectivity index (χ4v) is 2.26.